The van der Waals surface area contributed by atoms with E-state index >= 15 is 0 Å². The van der Waals surface area contributed by atoms with Crippen LogP contribution in [-0.2, 0) is 11.4 Å². The van der Waals surface area contributed by atoms with Gasteiger partial charge < -0.3 is 19.3 Å². The lowest BCUT2D eigenvalue weighted by Crippen LogP contribution is -2.44. The fourth-order valence-electron chi connectivity index (χ4n) is 4.39. The summed E-state index contributed by atoms with van der Waals surface area (Å²) in [6.45, 7) is 3.32. The van der Waals surface area contributed by atoms with E-state index in [0.717, 1.165) is 38.9 Å². The normalized spacial score (nSPS) is 24.9. The maximum absolute atomic E-state index is 13.0. The van der Waals surface area contributed by atoms with Crippen molar-refractivity contribution in [3.05, 3.63) is 22.7 Å². The second-order valence-corrected chi connectivity index (χ2v) is 8.64. The number of rotatable bonds is 7. The highest BCUT2D eigenvalue weighted by atomic mass is 35.5. The van der Waals surface area contributed by atoms with E-state index in [2.05, 4.69) is 4.90 Å². The number of nitrogens with zero attached hydrogens (tertiary/aromatic N) is 2. The number of ether oxygens (including phenoxy) is 3. The van der Waals surface area contributed by atoms with Gasteiger partial charge in [-0.15, -0.1) is 0 Å². The molecule has 0 spiro atoms. The zero-order valence-corrected chi connectivity index (χ0v) is 17.7. The minimum Gasteiger partial charge on any atom is -0.484 e. The Balaban J connectivity index is 1.23. The molecular formula is C21H28ClFN2O5. The maximum Gasteiger partial charge on any atom is 0.410 e. The maximum atomic E-state index is 13.0. The number of aliphatic hydroxyl groups excluding tert-OH is 1. The molecule has 2 saturated heterocycles. The van der Waals surface area contributed by atoms with E-state index in [4.69, 9.17) is 25.8 Å². The van der Waals surface area contributed by atoms with E-state index in [1.165, 1.54) is 0 Å². The van der Waals surface area contributed by atoms with Gasteiger partial charge in [-0.2, -0.15) is 0 Å². The van der Waals surface area contributed by atoms with Crippen LogP contribution in [0.4, 0.5) is 9.18 Å². The Morgan fingerprint density at radius 1 is 1.20 bits per heavy atom. The smallest absolute Gasteiger partial charge is 0.410 e. The number of hydrogen-bond acceptors (Lipinski definition) is 6. The highest BCUT2D eigenvalue weighted by molar-refractivity contribution is 6.32. The van der Waals surface area contributed by atoms with Gasteiger partial charge in [0.05, 0.1) is 17.7 Å². The second-order valence-electron chi connectivity index (χ2n) is 8.23. The van der Waals surface area contributed by atoms with Gasteiger partial charge in [-0.1, -0.05) is 11.6 Å². The van der Waals surface area contributed by atoms with Gasteiger partial charge in [-0.05, 0) is 56.0 Å². The Morgan fingerprint density at radius 3 is 2.73 bits per heavy atom. The summed E-state index contributed by atoms with van der Waals surface area (Å²) in [5.74, 6) is 1.55. The second kappa shape index (κ2) is 9.58. The summed E-state index contributed by atoms with van der Waals surface area (Å²) in [6, 6.07) is 3.01. The number of benzene rings is 1. The van der Waals surface area contributed by atoms with Crippen LogP contribution in [0.5, 0.6) is 11.5 Å². The number of carbonyl (C=O) groups excluding carboxylic acids is 1. The summed E-state index contributed by atoms with van der Waals surface area (Å²) in [5.41, 5.74) is 0.481. The van der Waals surface area contributed by atoms with E-state index in [1.54, 1.807) is 17.0 Å². The van der Waals surface area contributed by atoms with Gasteiger partial charge >= 0.3 is 6.09 Å². The largest absolute Gasteiger partial charge is 0.484 e. The van der Waals surface area contributed by atoms with E-state index < -0.39 is 6.67 Å². The van der Waals surface area contributed by atoms with Crippen LogP contribution >= 0.6 is 11.6 Å². The van der Waals surface area contributed by atoms with Crippen molar-refractivity contribution in [2.24, 2.45) is 5.92 Å². The fourth-order valence-corrected chi connectivity index (χ4v) is 4.68. The number of amides is 1. The molecule has 0 saturated carbocycles. The first-order chi connectivity index (χ1) is 14.6. The molecule has 0 aliphatic carbocycles. The Hall–Kier alpha value is -1.77. The Bertz CT molecular complexity index is 759. The first-order valence-electron chi connectivity index (χ1n) is 10.5. The summed E-state index contributed by atoms with van der Waals surface area (Å²) >= 11 is 6.16. The van der Waals surface area contributed by atoms with Crippen molar-refractivity contribution in [3.63, 3.8) is 0 Å². The van der Waals surface area contributed by atoms with Crippen LogP contribution in [0, 0.1) is 5.92 Å². The number of aliphatic hydroxyl groups is 1. The highest BCUT2D eigenvalue weighted by Crippen LogP contribution is 2.40. The Morgan fingerprint density at radius 2 is 2.00 bits per heavy atom. The van der Waals surface area contributed by atoms with Crippen LogP contribution in [0.15, 0.2) is 12.1 Å². The van der Waals surface area contributed by atoms with Crippen molar-refractivity contribution in [1.82, 2.24) is 9.80 Å². The minimum absolute atomic E-state index is 0.0607. The molecule has 1 aromatic rings. The number of alkyl halides is 1. The van der Waals surface area contributed by atoms with Gasteiger partial charge in [0.1, 0.15) is 26.0 Å². The average Bonchev–Trinajstić information content (AvgIpc) is 3.12. The van der Waals surface area contributed by atoms with Crippen LogP contribution in [-0.4, -0.2) is 79.1 Å². The van der Waals surface area contributed by atoms with Gasteiger partial charge in [0, 0.05) is 13.1 Å². The van der Waals surface area contributed by atoms with Crippen molar-refractivity contribution in [1.29, 1.82) is 0 Å². The topological polar surface area (TPSA) is 71.5 Å². The molecular weight excluding hydrogens is 415 g/mol. The summed E-state index contributed by atoms with van der Waals surface area (Å²) in [5, 5.41) is 9.74. The third-order valence-electron chi connectivity index (χ3n) is 6.16. The number of carbonyl (C=O) groups is 1. The van der Waals surface area contributed by atoms with E-state index in [0.29, 0.717) is 41.2 Å². The molecule has 1 N–H and O–H groups in total. The number of cyclic esters (lactones) is 1. The van der Waals surface area contributed by atoms with Crippen molar-refractivity contribution in [2.45, 2.75) is 38.1 Å². The molecule has 1 amide bonds. The first kappa shape index (κ1) is 21.5. The van der Waals surface area contributed by atoms with Gasteiger partial charge in [0.25, 0.3) is 0 Å². The molecule has 3 aliphatic heterocycles. The molecule has 0 radical (unpaired) electrons. The van der Waals surface area contributed by atoms with Gasteiger partial charge in [-0.25, -0.2) is 9.18 Å². The van der Waals surface area contributed by atoms with E-state index in [-0.39, 0.29) is 31.5 Å². The summed E-state index contributed by atoms with van der Waals surface area (Å²) < 4.78 is 29.8. The predicted octanol–water partition coefficient (Wildman–Crippen LogP) is 2.86. The van der Waals surface area contributed by atoms with Crippen molar-refractivity contribution in [3.8, 4) is 11.5 Å². The molecule has 2 fully saturated rings. The number of piperidine rings is 1. The molecule has 7 nitrogen and oxygen atoms in total. The van der Waals surface area contributed by atoms with Crippen LogP contribution < -0.4 is 9.47 Å². The van der Waals surface area contributed by atoms with E-state index in [9.17, 15) is 14.3 Å². The predicted molar refractivity (Wildman–Crippen MR) is 109 cm³/mol. The summed E-state index contributed by atoms with van der Waals surface area (Å²) in [6.07, 6.45) is 2.57. The highest BCUT2D eigenvalue weighted by Gasteiger charge is 2.33. The zero-order valence-electron chi connectivity index (χ0n) is 16.9. The van der Waals surface area contributed by atoms with Gasteiger partial charge in [0.2, 0.25) is 0 Å². The first-order valence-corrected chi connectivity index (χ1v) is 10.9. The third kappa shape index (κ3) is 4.76. The quantitative estimate of drug-likeness (QED) is 0.700. The van der Waals surface area contributed by atoms with Gasteiger partial charge in [-0.3, -0.25) is 9.80 Å². The molecule has 9 heteroatoms. The van der Waals surface area contributed by atoms with Crippen LogP contribution in [0.3, 0.4) is 0 Å². The molecule has 0 unspecified atom stereocenters. The number of hydrogen-bond donors (Lipinski definition) is 1. The number of halogens is 2. The standard InChI is InChI=1S/C21H28ClFN2O5/c22-18-7-15(9-23)8-19-20(18)28-13-17(30-19)10-24-4-1-14(2-5-24)3-6-25-16(11-26)12-29-21(25)27/h7-8,14,16-17,26H,1-6,9-13H2/t16-,17+/m1/s1. The third-order valence-corrected chi connectivity index (χ3v) is 6.44. The molecule has 166 valence electrons. The molecule has 1 aromatic carbocycles. The number of fused-ring (bicyclic) bond motifs is 1. The molecule has 0 bridgehead atoms. The molecule has 4 rings (SSSR count). The lowest BCUT2D eigenvalue weighted by Gasteiger charge is -2.36. The number of likely N-dealkylation sites (tertiary alicyclic amines) is 1. The SMILES string of the molecule is O=C1OC[C@@H](CO)N1CCC1CCN(C[C@H]2COc3c(Cl)cc(CF)cc3O2)CC1. The zero-order chi connectivity index (χ0) is 21.1. The average molecular weight is 443 g/mol. The monoisotopic (exact) mass is 442 g/mol. The molecule has 2 atom stereocenters. The molecule has 3 aliphatic rings. The minimum atomic E-state index is -0.595. The summed E-state index contributed by atoms with van der Waals surface area (Å²) in [4.78, 5) is 15.8. The van der Waals surface area contributed by atoms with Gasteiger partial charge in [0.15, 0.2) is 11.5 Å². The Labute approximate surface area is 180 Å². The lowest BCUT2D eigenvalue weighted by molar-refractivity contribution is 0.0463. The molecule has 0 aromatic heterocycles. The van der Waals surface area contributed by atoms with Crippen LogP contribution in [0.2, 0.25) is 5.02 Å². The van der Waals surface area contributed by atoms with E-state index in [1.807, 2.05) is 0 Å². The Kier molecular flexibility index (Phi) is 6.85. The lowest BCUT2D eigenvalue weighted by atomic mass is 9.93. The van der Waals surface area contributed by atoms with Crippen molar-refractivity contribution in [2.75, 3.05) is 46.0 Å². The van der Waals surface area contributed by atoms with Crippen molar-refractivity contribution >= 4 is 17.7 Å². The van der Waals surface area contributed by atoms with Crippen LogP contribution in [0.1, 0.15) is 24.8 Å². The molecule has 30 heavy (non-hydrogen) atoms. The fraction of sp³-hybridized carbons (Fsp3) is 0.667. The molecule has 3 heterocycles. The summed E-state index contributed by atoms with van der Waals surface area (Å²) in [7, 11) is 0. The van der Waals surface area contributed by atoms with Crippen molar-refractivity contribution < 1.29 is 28.5 Å². The van der Waals surface area contributed by atoms with Crippen LogP contribution in [0.25, 0.3) is 0 Å².